The first-order chi connectivity index (χ1) is 8.18. The molecular weight excluding hydrogens is 210 g/mol. The number of nitrogens with one attached hydrogen (secondary N) is 2. The maximum Gasteiger partial charge on any atom is 0.0270 e. The Balaban J connectivity index is 2.04. The highest BCUT2D eigenvalue weighted by atomic mass is 15.0. The largest absolute Gasteiger partial charge is 0.313 e. The minimum atomic E-state index is 0.537. The Morgan fingerprint density at radius 2 is 1.82 bits per heavy atom. The number of pyridine rings is 1. The molecule has 0 spiro atoms. The van der Waals surface area contributed by atoms with Gasteiger partial charge in [-0.15, -0.1) is 0 Å². The summed E-state index contributed by atoms with van der Waals surface area (Å²) >= 11 is 0. The van der Waals surface area contributed by atoms with Gasteiger partial charge in [0, 0.05) is 31.0 Å². The van der Waals surface area contributed by atoms with Gasteiger partial charge in [-0.2, -0.15) is 0 Å². The van der Waals surface area contributed by atoms with E-state index in [4.69, 9.17) is 0 Å². The van der Waals surface area contributed by atoms with Crippen LogP contribution in [0.4, 0.5) is 0 Å². The van der Waals surface area contributed by atoms with Crippen LogP contribution in [0.15, 0.2) is 24.5 Å². The van der Waals surface area contributed by atoms with E-state index in [1.807, 2.05) is 12.4 Å². The molecule has 0 fully saturated rings. The van der Waals surface area contributed by atoms with Crippen LogP contribution >= 0.6 is 0 Å². The molecule has 0 aromatic carbocycles. The van der Waals surface area contributed by atoms with Crippen LogP contribution in [0, 0.1) is 0 Å². The molecule has 0 amide bonds. The predicted octanol–water partition coefficient (Wildman–Crippen LogP) is 1.99. The van der Waals surface area contributed by atoms with E-state index in [9.17, 15) is 0 Å². The molecule has 1 atom stereocenters. The number of hydrogen-bond acceptors (Lipinski definition) is 3. The molecule has 17 heavy (non-hydrogen) atoms. The lowest BCUT2D eigenvalue weighted by atomic mass is 10.1. The zero-order chi connectivity index (χ0) is 12.5. The Morgan fingerprint density at radius 3 is 2.47 bits per heavy atom. The normalized spacial score (nSPS) is 12.9. The summed E-state index contributed by atoms with van der Waals surface area (Å²) < 4.78 is 0. The Bertz CT molecular complexity index is 285. The van der Waals surface area contributed by atoms with E-state index in [1.165, 1.54) is 12.0 Å². The fourth-order valence-electron chi connectivity index (χ4n) is 1.68. The molecule has 0 bridgehead atoms. The lowest BCUT2D eigenvalue weighted by Gasteiger charge is -2.16. The fourth-order valence-corrected chi connectivity index (χ4v) is 1.68. The first kappa shape index (κ1) is 14.1. The van der Waals surface area contributed by atoms with Crippen molar-refractivity contribution in [3.8, 4) is 0 Å². The van der Waals surface area contributed by atoms with Crippen molar-refractivity contribution < 1.29 is 0 Å². The lowest BCUT2D eigenvalue weighted by molar-refractivity contribution is 0.471. The van der Waals surface area contributed by atoms with Crippen LogP contribution < -0.4 is 10.6 Å². The third-order valence-corrected chi connectivity index (χ3v) is 2.72. The quantitative estimate of drug-likeness (QED) is 0.677. The maximum absolute atomic E-state index is 4.02. The van der Waals surface area contributed by atoms with Crippen molar-refractivity contribution in [1.82, 2.24) is 15.6 Å². The summed E-state index contributed by atoms with van der Waals surface area (Å²) in [6, 6.07) is 5.28. The molecular formula is C14H25N3. The second-order valence-electron chi connectivity index (χ2n) is 4.88. The Hall–Kier alpha value is -0.930. The highest BCUT2D eigenvalue weighted by molar-refractivity contribution is 5.09. The van der Waals surface area contributed by atoms with Crippen molar-refractivity contribution in [2.45, 2.75) is 45.7 Å². The lowest BCUT2D eigenvalue weighted by Crippen LogP contribution is -2.39. The van der Waals surface area contributed by atoms with Crippen molar-refractivity contribution in [1.29, 1.82) is 0 Å². The van der Waals surface area contributed by atoms with Gasteiger partial charge in [0.15, 0.2) is 0 Å². The molecule has 0 radical (unpaired) electrons. The maximum atomic E-state index is 4.02. The summed E-state index contributed by atoms with van der Waals surface area (Å²) in [6.45, 7) is 8.68. The van der Waals surface area contributed by atoms with Crippen molar-refractivity contribution in [3.05, 3.63) is 30.1 Å². The van der Waals surface area contributed by atoms with Gasteiger partial charge in [0.2, 0.25) is 0 Å². The molecule has 1 rings (SSSR count). The zero-order valence-corrected chi connectivity index (χ0v) is 11.2. The molecule has 0 saturated carbocycles. The minimum Gasteiger partial charge on any atom is -0.313 e. The van der Waals surface area contributed by atoms with Crippen LogP contribution in [0.2, 0.25) is 0 Å². The highest BCUT2D eigenvalue weighted by Gasteiger charge is 2.01. The predicted molar refractivity (Wildman–Crippen MR) is 73.2 cm³/mol. The molecule has 1 heterocycles. The van der Waals surface area contributed by atoms with E-state index >= 15 is 0 Å². The summed E-state index contributed by atoms with van der Waals surface area (Å²) in [7, 11) is 0. The van der Waals surface area contributed by atoms with Crippen LogP contribution in [0.5, 0.6) is 0 Å². The number of hydrogen-bond donors (Lipinski definition) is 2. The molecule has 1 unspecified atom stereocenters. The van der Waals surface area contributed by atoms with Gasteiger partial charge in [0.05, 0.1) is 0 Å². The van der Waals surface area contributed by atoms with Crippen LogP contribution in [0.1, 0.15) is 32.8 Å². The van der Waals surface area contributed by atoms with Gasteiger partial charge in [0.25, 0.3) is 0 Å². The summed E-state index contributed by atoms with van der Waals surface area (Å²) in [5, 5.41) is 6.96. The monoisotopic (exact) mass is 235 g/mol. The van der Waals surface area contributed by atoms with Gasteiger partial charge >= 0.3 is 0 Å². The fraction of sp³-hybridized carbons (Fsp3) is 0.643. The van der Waals surface area contributed by atoms with Crippen molar-refractivity contribution in [2.75, 3.05) is 13.1 Å². The number of aryl methyl sites for hydroxylation is 1. The second-order valence-corrected chi connectivity index (χ2v) is 4.88. The van der Waals surface area contributed by atoms with E-state index in [-0.39, 0.29) is 0 Å². The van der Waals surface area contributed by atoms with E-state index in [1.54, 1.807) is 0 Å². The molecule has 2 N–H and O–H groups in total. The SMILES string of the molecule is CC(C)NCC(C)NCCCc1ccncc1. The molecule has 0 aliphatic heterocycles. The van der Waals surface area contributed by atoms with Crippen LogP contribution in [-0.4, -0.2) is 30.2 Å². The second kappa shape index (κ2) is 8.20. The van der Waals surface area contributed by atoms with Gasteiger partial charge in [-0.1, -0.05) is 13.8 Å². The molecule has 96 valence electrons. The molecule has 1 aromatic heterocycles. The minimum absolute atomic E-state index is 0.537. The van der Waals surface area contributed by atoms with Crippen molar-refractivity contribution >= 4 is 0 Å². The molecule has 3 heteroatoms. The summed E-state index contributed by atoms with van der Waals surface area (Å²) in [5.74, 6) is 0. The van der Waals surface area contributed by atoms with Crippen LogP contribution in [0.3, 0.4) is 0 Å². The standard InChI is InChI=1S/C14H25N3/c1-12(2)17-11-13(3)16-8-4-5-14-6-9-15-10-7-14/h6-7,9-10,12-13,16-17H,4-5,8,11H2,1-3H3. The molecule has 0 aliphatic rings. The third-order valence-electron chi connectivity index (χ3n) is 2.72. The van der Waals surface area contributed by atoms with E-state index in [2.05, 4.69) is 48.5 Å². The summed E-state index contributed by atoms with van der Waals surface area (Å²) in [6.07, 6.45) is 6.02. The highest BCUT2D eigenvalue weighted by Crippen LogP contribution is 1.99. The molecule has 0 saturated heterocycles. The smallest absolute Gasteiger partial charge is 0.0270 e. The number of aromatic nitrogens is 1. The Morgan fingerprint density at radius 1 is 1.12 bits per heavy atom. The third kappa shape index (κ3) is 7.08. The first-order valence-electron chi connectivity index (χ1n) is 6.54. The van der Waals surface area contributed by atoms with Gasteiger partial charge in [-0.05, 0) is 44.0 Å². The van der Waals surface area contributed by atoms with E-state index < -0.39 is 0 Å². The van der Waals surface area contributed by atoms with Gasteiger partial charge in [0.1, 0.15) is 0 Å². The van der Waals surface area contributed by atoms with Crippen molar-refractivity contribution in [3.63, 3.8) is 0 Å². The van der Waals surface area contributed by atoms with E-state index in [0.29, 0.717) is 12.1 Å². The summed E-state index contributed by atoms with van der Waals surface area (Å²) in [5.41, 5.74) is 1.37. The van der Waals surface area contributed by atoms with Crippen LogP contribution in [0.25, 0.3) is 0 Å². The zero-order valence-electron chi connectivity index (χ0n) is 11.2. The van der Waals surface area contributed by atoms with Crippen molar-refractivity contribution in [2.24, 2.45) is 0 Å². The number of nitrogens with zero attached hydrogens (tertiary/aromatic N) is 1. The average Bonchev–Trinajstić information content (AvgIpc) is 2.33. The molecule has 0 aliphatic carbocycles. The van der Waals surface area contributed by atoms with E-state index in [0.717, 1.165) is 19.5 Å². The molecule has 1 aromatic rings. The molecule has 3 nitrogen and oxygen atoms in total. The van der Waals surface area contributed by atoms with Crippen LogP contribution in [-0.2, 0) is 6.42 Å². The van der Waals surface area contributed by atoms with Gasteiger partial charge in [-0.3, -0.25) is 4.98 Å². The first-order valence-corrected chi connectivity index (χ1v) is 6.54. The summed E-state index contributed by atoms with van der Waals surface area (Å²) in [4.78, 5) is 4.02. The average molecular weight is 235 g/mol. The number of rotatable bonds is 8. The Labute approximate surface area is 105 Å². The van der Waals surface area contributed by atoms with Gasteiger partial charge < -0.3 is 10.6 Å². The van der Waals surface area contributed by atoms with Gasteiger partial charge in [-0.25, -0.2) is 0 Å². The topological polar surface area (TPSA) is 37.0 Å². The Kier molecular flexibility index (Phi) is 6.82.